The van der Waals surface area contributed by atoms with E-state index in [1.54, 1.807) is 35.2 Å². The van der Waals surface area contributed by atoms with Crippen LogP contribution in [-0.4, -0.2) is 27.8 Å². The van der Waals surface area contributed by atoms with Crippen LogP contribution in [0.1, 0.15) is 22.0 Å². The largest absolute Gasteiger partial charge is 0.463 e. The number of esters is 1. The van der Waals surface area contributed by atoms with Crippen molar-refractivity contribution in [2.75, 3.05) is 12.0 Å². The molecule has 0 saturated heterocycles. The van der Waals surface area contributed by atoms with Crippen LogP contribution in [0.3, 0.4) is 0 Å². The molecule has 9 heteroatoms. The molecule has 0 fully saturated rings. The number of methoxy groups -OCH3 is 1. The molecule has 27 heavy (non-hydrogen) atoms. The van der Waals surface area contributed by atoms with E-state index in [0.717, 1.165) is 12.1 Å². The van der Waals surface area contributed by atoms with Gasteiger partial charge < -0.3 is 9.64 Å². The summed E-state index contributed by atoms with van der Waals surface area (Å²) in [4.78, 5) is 17.6. The second-order valence-electron chi connectivity index (χ2n) is 5.88. The van der Waals surface area contributed by atoms with Gasteiger partial charge in [0.25, 0.3) is 5.82 Å². The molecule has 0 saturated carbocycles. The van der Waals surface area contributed by atoms with Crippen molar-refractivity contribution in [2.24, 2.45) is 0 Å². The molecule has 1 aliphatic rings. The predicted octanol–water partition coefficient (Wildman–Crippen LogP) is 3.72. The van der Waals surface area contributed by atoms with E-state index in [1.807, 2.05) is 0 Å². The third-order valence-corrected chi connectivity index (χ3v) is 4.23. The fraction of sp³-hybridized carbons (Fsp3) is 0.167. The fourth-order valence-electron chi connectivity index (χ4n) is 3.00. The number of fused-ring (bicyclic) bond motifs is 3. The first-order valence-electron chi connectivity index (χ1n) is 7.97. The maximum atomic E-state index is 13.1. The number of para-hydroxylation sites is 2. The number of alkyl halides is 3. The summed E-state index contributed by atoms with van der Waals surface area (Å²) < 4.78 is 45.5. The van der Waals surface area contributed by atoms with Crippen molar-refractivity contribution >= 4 is 17.3 Å². The summed E-state index contributed by atoms with van der Waals surface area (Å²) in [5, 5.41) is 4.17. The Morgan fingerprint density at radius 2 is 1.85 bits per heavy atom. The van der Waals surface area contributed by atoms with Crippen LogP contribution >= 0.6 is 0 Å². The van der Waals surface area contributed by atoms with Crippen molar-refractivity contribution in [1.82, 2.24) is 14.8 Å². The normalized spacial score (nSPS) is 13.1. The molecule has 0 radical (unpaired) electrons. The molecule has 0 bridgehead atoms. The van der Waals surface area contributed by atoms with Gasteiger partial charge in [0.05, 0.1) is 30.6 Å². The summed E-state index contributed by atoms with van der Waals surface area (Å²) in [6.07, 6.45) is -4.44. The first-order valence-corrected chi connectivity index (χ1v) is 7.97. The summed E-state index contributed by atoms with van der Waals surface area (Å²) in [6, 6.07) is 12.2. The molecular weight excluding hydrogens is 361 g/mol. The zero-order chi connectivity index (χ0) is 19.2. The van der Waals surface area contributed by atoms with E-state index >= 15 is 0 Å². The van der Waals surface area contributed by atoms with Crippen LogP contribution in [-0.2, 0) is 17.5 Å². The first kappa shape index (κ1) is 17.1. The summed E-state index contributed by atoms with van der Waals surface area (Å²) in [5.74, 6) is -0.361. The lowest BCUT2D eigenvalue weighted by Crippen LogP contribution is -2.26. The predicted molar refractivity (Wildman–Crippen MR) is 90.0 cm³/mol. The highest BCUT2D eigenvalue weighted by Gasteiger charge is 2.32. The molecule has 1 aliphatic heterocycles. The van der Waals surface area contributed by atoms with Crippen molar-refractivity contribution < 1.29 is 22.7 Å². The van der Waals surface area contributed by atoms with Gasteiger partial charge in [0.15, 0.2) is 5.82 Å². The van der Waals surface area contributed by atoms with Gasteiger partial charge in [-0.25, -0.2) is 14.5 Å². The number of anilines is 2. The molecule has 138 valence electrons. The Bertz CT molecular complexity index is 1030. The number of nitrogens with zero attached hydrogens (tertiary/aromatic N) is 4. The average molecular weight is 374 g/mol. The molecule has 0 atom stereocenters. The SMILES string of the molecule is COC(=O)c1nc2n(n1)-c1ccccc1N(c1cccc(C(F)(F)F)c1)C2. The van der Waals surface area contributed by atoms with Crippen LogP contribution in [0.25, 0.3) is 5.69 Å². The topological polar surface area (TPSA) is 60.2 Å². The number of hydrogen-bond donors (Lipinski definition) is 0. The highest BCUT2D eigenvalue weighted by molar-refractivity contribution is 5.85. The Labute approximate surface area is 151 Å². The van der Waals surface area contributed by atoms with Crippen molar-refractivity contribution in [2.45, 2.75) is 12.7 Å². The van der Waals surface area contributed by atoms with E-state index < -0.39 is 17.7 Å². The van der Waals surface area contributed by atoms with Crippen molar-refractivity contribution in [3.05, 3.63) is 65.7 Å². The molecule has 4 rings (SSSR count). The van der Waals surface area contributed by atoms with Gasteiger partial charge in [0.1, 0.15) is 0 Å². The number of rotatable bonds is 2. The highest BCUT2D eigenvalue weighted by atomic mass is 19.4. The monoisotopic (exact) mass is 374 g/mol. The lowest BCUT2D eigenvalue weighted by Gasteiger charge is -2.31. The quantitative estimate of drug-likeness (QED) is 0.640. The second-order valence-corrected chi connectivity index (χ2v) is 5.88. The smallest absolute Gasteiger partial charge is 0.416 e. The lowest BCUT2D eigenvalue weighted by molar-refractivity contribution is -0.137. The van der Waals surface area contributed by atoms with Gasteiger partial charge in [-0.3, -0.25) is 0 Å². The molecule has 0 N–H and O–H groups in total. The number of aromatic nitrogens is 3. The number of halogens is 3. The maximum Gasteiger partial charge on any atom is 0.416 e. The van der Waals surface area contributed by atoms with Gasteiger partial charge in [-0.2, -0.15) is 13.2 Å². The van der Waals surface area contributed by atoms with Gasteiger partial charge in [0.2, 0.25) is 0 Å². The fourth-order valence-corrected chi connectivity index (χ4v) is 3.00. The third-order valence-electron chi connectivity index (χ3n) is 4.23. The molecule has 3 aromatic rings. The number of hydrogen-bond acceptors (Lipinski definition) is 5. The standard InChI is InChI=1S/C18H13F3N4O2/c1-27-17(26)16-22-15-10-24(12-6-4-5-11(9-12)18(19,20)21)13-7-2-3-8-14(13)25(15)23-16/h2-9H,10H2,1H3. The van der Waals surface area contributed by atoms with E-state index in [-0.39, 0.29) is 12.4 Å². The summed E-state index contributed by atoms with van der Waals surface area (Å²) in [5.41, 5.74) is 0.898. The Morgan fingerprint density at radius 3 is 2.56 bits per heavy atom. The van der Waals surface area contributed by atoms with Gasteiger partial charge in [-0.15, -0.1) is 5.10 Å². The molecule has 1 aromatic heterocycles. The third kappa shape index (κ3) is 2.90. The number of benzene rings is 2. The Balaban J connectivity index is 1.83. The minimum absolute atomic E-state index is 0.104. The van der Waals surface area contributed by atoms with E-state index in [9.17, 15) is 18.0 Å². The number of carbonyl (C=O) groups is 1. The lowest BCUT2D eigenvalue weighted by atomic mass is 10.1. The molecule has 0 spiro atoms. The molecule has 2 aromatic carbocycles. The number of ether oxygens (including phenoxy) is 1. The van der Waals surface area contributed by atoms with E-state index in [4.69, 9.17) is 0 Å². The number of carbonyl (C=O) groups excluding carboxylic acids is 1. The Kier molecular flexibility index (Phi) is 3.87. The summed E-state index contributed by atoms with van der Waals surface area (Å²) in [7, 11) is 1.23. The second kappa shape index (κ2) is 6.11. The van der Waals surface area contributed by atoms with Crippen LogP contribution in [0.5, 0.6) is 0 Å². The summed E-state index contributed by atoms with van der Waals surface area (Å²) in [6.45, 7) is 0.155. The minimum Gasteiger partial charge on any atom is -0.463 e. The van der Waals surface area contributed by atoms with Gasteiger partial charge in [-0.1, -0.05) is 18.2 Å². The van der Waals surface area contributed by atoms with Gasteiger partial charge in [0, 0.05) is 5.69 Å². The van der Waals surface area contributed by atoms with Crippen molar-refractivity contribution in [3.8, 4) is 5.69 Å². The molecular formula is C18H13F3N4O2. The van der Waals surface area contributed by atoms with Gasteiger partial charge >= 0.3 is 12.1 Å². The van der Waals surface area contributed by atoms with Crippen LogP contribution in [0, 0.1) is 0 Å². The average Bonchev–Trinajstić information content (AvgIpc) is 3.10. The van der Waals surface area contributed by atoms with Crippen LogP contribution < -0.4 is 4.90 Å². The zero-order valence-electron chi connectivity index (χ0n) is 14.1. The molecule has 6 nitrogen and oxygen atoms in total. The summed E-state index contributed by atoms with van der Waals surface area (Å²) >= 11 is 0. The zero-order valence-corrected chi connectivity index (χ0v) is 14.1. The van der Waals surface area contributed by atoms with Crippen LogP contribution in [0.15, 0.2) is 48.5 Å². The van der Waals surface area contributed by atoms with Gasteiger partial charge in [-0.05, 0) is 30.3 Å². The van der Waals surface area contributed by atoms with Crippen LogP contribution in [0.4, 0.5) is 24.5 Å². The van der Waals surface area contributed by atoms with E-state index in [0.29, 0.717) is 22.9 Å². The first-order chi connectivity index (χ1) is 12.9. The van der Waals surface area contributed by atoms with E-state index in [1.165, 1.54) is 17.9 Å². The molecule has 0 aliphatic carbocycles. The Hall–Kier alpha value is -3.36. The highest BCUT2D eigenvalue weighted by Crippen LogP contribution is 2.38. The molecule has 0 amide bonds. The maximum absolute atomic E-state index is 13.1. The molecule has 2 heterocycles. The van der Waals surface area contributed by atoms with Crippen LogP contribution in [0.2, 0.25) is 0 Å². The van der Waals surface area contributed by atoms with E-state index in [2.05, 4.69) is 14.8 Å². The van der Waals surface area contributed by atoms with Crippen molar-refractivity contribution in [3.63, 3.8) is 0 Å². The van der Waals surface area contributed by atoms with Crippen molar-refractivity contribution in [1.29, 1.82) is 0 Å². The minimum atomic E-state index is -4.44. The Morgan fingerprint density at radius 1 is 1.11 bits per heavy atom. The molecule has 0 unspecified atom stereocenters.